The lowest BCUT2D eigenvalue weighted by molar-refractivity contribution is -0.135. The van der Waals surface area contributed by atoms with Gasteiger partial charge >= 0.3 is 11.7 Å². The van der Waals surface area contributed by atoms with Crippen molar-refractivity contribution >= 4 is 23.2 Å². The molecule has 172 valence electrons. The second kappa shape index (κ2) is 9.02. The molecule has 1 saturated carbocycles. The molecule has 0 radical (unpaired) electrons. The van der Waals surface area contributed by atoms with Crippen LogP contribution in [-0.4, -0.2) is 42.8 Å². The fourth-order valence-electron chi connectivity index (χ4n) is 3.51. The summed E-state index contributed by atoms with van der Waals surface area (Å²) < 4.78 is 1.81. The molecule has 1 aromatic carbocycles. The molecule has 4 rings (SSSR count). The molecule has 0 bridgehead atoms. The Morgan fingerprint density at radius 3 is 2.48 bits per heavy atom. The van der Waals surface area contributed by atoms with E-state index in [9.17, 15) is 24.3 Å². The summed E-state index contributed by atoms with van der Waals surface area (Å²) in [5.41, 5.74) is -0.703. The first kappa shape index (κ1) is 22.5. The predicted molar refractivity (Wildman–Crippen MR) is 121 cm³/mol. The highest BCUT2D eigenvalue weighted by Crippen LogP contribution is 2.33. The molecule has 0 atom stereocenters. The average molecular weight is 471 g/mol. The lowest BCUT2D eigenvalue weighted by Crippen LogP contribution is -2.44. The number of aliphatic carboxylic acids is 1. The van der Waals surface area contributed by atoms with E-state index in [2.05, 4.69) is 10.3 Å². The maximum Gasteiger partial charge on any atom is 0.338 e. The zero-order valence-electron chi connectivity index (χ0n) is 17.8. The molecule has 1 aliphatic rings. The van der Waals surface area contributed by atoms with Gasteiger partial charge in [-0.3, -0.25) is 19.0 Å². The number of aromatic hydroxyl groups is 1. The second-order valence-corrected chi connectivity index (χ2v) is 8.94. The first-order valence-corrected chi connectivity index (χ1v) is 11.3. The van der Waals surface area contributed by atoms with E-state index >= 15 is 0 Å². The van der Waals surface area contributed by atoms with Crippen molar-refractivity contribution in [3.8, 4) is 22.8 Å². The number of hydrogen-bond donors (Lipinski definition) is 3. The topological polar surface area (TPSA) is 144 Å². The van der Waals surface area contributed by atoms with Crippen LogP contribution in [0.3, 0.4) is 0 Å². The summed E-state index contributed by atoms with van der Waals surface area (Å²) in [5.74, 6) is -2.71. The molecule has 1 aliphatic carbocycles. The number of thiazole rings is 1. The molecule has 0 aliphatic heterocycles. The van der Waals surface area contributed by atoms with Crippen LogP contribution >= 0.6 is 11.3 Å². The minimum absolute atomic E-state index is 0.130. The molecule has 0 saturated heterocycles. The quantitative estimate of drug-likeness (QED) is 0.455. The van der Waals surface area contributed by atoms with Crippen LogP contribution in [0.2, 0.25) is 0 Å². The summed E-state index contributed by atoms with van der Waals surface area (Å²) >= 11 is 1.50. The molecule has 2 heterocycles. The molecular weight excluding hydrogens is 448 g/mol. The monoisotopic (exact) mass is 470 g/mol. The number of carboxylic acid groups (broad SMARTS) is 1. The standard InChI is InChI=1S/C22H22N4O6S/c1-12-24-16(11-33-12)14-4-6-15(7-5-14)26-21(31)18(19(29)23-10-17(27)28)20(30)25(22(26)32)9-8-13-2-3-13/h4-7,11,13,30H,2-3,8-10H2,1H3,(H,23,29)(H,27,28). The van der Waals surface area contributed by atoms with Gasteiger partial charge in [0.1, 0.15) is 6.54 Å². The van der Waals surface area contributed by atoms with E-state index in [1.165, 1.54) is 11.3 Å². The Hall–Kier alpha value is -3.73. The number of nitrogens with zero attached hydrogens (tertiary/aromatic N) is 3. The Morgan fingerprint density at radius 2 is 1.91 bits per heavy atom. The number of carboxylic acids is 1. The number of carbonyl (C=O) groups excluding carboxylic acids is 1. The third kappa shape index (κ3) is 4.72. The average Bonchev–Trinajstić information content (AvgIpc) is 3.50. The van der Waals surface area contributed by atoms with Crippen molar-refractivity contribution in [3.63, 3.8) is 0 Å². The van der Waals surface area contributed by atoms with Crippen molar-refractivity contribution in [3.05, 3.63) is 61.1 Å². The van der Waals surface area contributed by atoms with E-state index in [0.717, 1.165) is 38.2 Å². The maximum atomic E-state index is 13.2. The van der Waals surface area contributed by atoms with Gasteiger partial charge in [0.25, 0.3) is 11.5 Å². The summed E-state index contributed by atoms with van der Waals surface area (Å²) in [4.78, 5) is 54.1. The van der Waals surface area contributed by atoms with Crippen molar-refractivity contribution in [1.82, 2.24) is 19.4 Å². The molecule has 1 fully saturated rings. The fraction of sp³-hybridized carbons (Fsp3) is 0.318. The van der Waals surface area contributed by atoms with E-state index in [-0.39, 0.29) is 12.2 Å². The molecule has 3 aromatic rings. The molecular formula is C22H22N4O6S. The minimum Gasteiger partial charge on any atom is -0.494 e. The summed E-state index contributed by atoms with van der Waals surface area (Å²) in [6, 6.07) is 6.55. The van der Waals surface area contributed by atoms with Crippen LogP contribution in [0.15, 0.2) is 39.2 Å². The Kier molecular flexibility index (Phi) is 6.14. The third-order valence-corrected chi connectivity index (χ3v) is 6.22. The number of amides is 1. The number of carbonyl (C=O) groups is 2. The van der Waals surface area contributed by atoms with Gasteiger partial charge < -0.3 is 15.5 Å². The molecule has 33 heavy (non-hydrogen) atoms. The van der Waals surface area contributed by atoms with Gasteiger partial charge in [0.05, 0.1) is 16.4 Å². The summed E-state index contributed by atoms with van der Waals surface area (Å²) in [6.07, 6.45) is 2.67. The molecule has 3 N–H and O–H groups in total. The number of benzene rings is 1. The lowest BCUT2D eigenvalue weighted by atomic mass is 10.1. The van der Waals surface area contributed by atoms with Crippen molar-refractivity contribution in [2.24, 2.45) is 5.92 Å². The zero-order chi connectivity index (χ0) is 23.7. The van der Waals surface area contributed by atoms with Gasteiger partial charge in [-0.1, -0.05) is 25.0 Å². The predicted octanol–water partition coefficient (Wildman–Crippen LogP) is 1.75. The Balaban J connectivity index is 1.80. The van der Waals surface area contributed by atoms with Crippen LogP contribution in [0.5, 0.6) is 5.88 Å². The van der Waals surface area contributed by atoms with Gasteiger partial charge in [0, 0.05) is 17.5 Å². The van der Waals surface area contributed by atoms with Crippen LogP contribution in [-0.2, 0) is 11.3 Å². The van der Waals surface area contributed by atoms with Crippen LogP contribution in [0.4, 0.5) is 0 Å². The SMILES string of the molecule is Cc1nc(-c2ccc(-n3c(=O)c(C(=O)NCC(=O)O)c(O)n(CCC4CC4)c3=O)cc2)cs1. The fourth-order valence-corrected chi connectivity index (χ4v) is 4.13. The summed E-state index contributed by atoms with van der Waals surface area (Å²) in [6.45, 7) is 1.28. The van der Waals surface area contributed by atoms with Gasteiger partial charge in [-0.25, -0.2) is 14.3 Å². The van der Waals surface area contributed by atoms with Gasteiger partial charge in [0.2, 0.25) is 5.88 Å². The van der Waals surface area contributed by atoms with Gasteiger partial charge in [-0.05, 0) is 31.4 Å². The molecule has 10 nitrogen and oxygen atoms in total. The molecule has 0 unspecified atom stereocenters. The largest absolute Gasteiger partial charge is 0.494 e. The Morgan fingerprint density at radius 1 is 1.21 bits per heavy atom. The summed E-state index contributed by atoms with van der Waals surface area (Å²) in [5, 5.41) is 24.3. The number of nitrogens with one attached hydrogen (secondary N) is 1. The first-order chi connectivity index (χ1) is 15.8. The number of aromatic nitrogens is 3. The lowest BCUT2D eigenvalue weighted by Gasteiger charge is -2.15. The van der Waals surface area contributed by atoms with Crippen molar-refractivity contribution in [2.45, 2.75) is 32.7 Å². The van der Waals surface area contributed by atoms with Crippen LogP contribution in [0.25, 0.3) is 16.9 Å². The van der Waals surface area contributed by atoms with Crippen molar-refractivity contribution in [2.75, 3.05) is 6.54 Å². The van der Waals surface area contributed by atoms with E-state index in [0.29, 0.717) is 12.3 Å². The molecule has 0 spiro atoms. The van der Waals surface area contributed by atoms with Crippen LogP contribution < -0.4 is 16.6 Å². The van der Waals surface area contributed by atoms with E-state index in [4.69, 9.17) is 5.11 Å². The highest BCUT2D eigenvalue weighted by molar-refractivity contribution is 7.09. The van der Waals surface area contributed by atoms with Crippen molar-refractivity contribution in [1.29, 1.82) is 0 Å². The number of aryl methyl sites for hydroxylation is 1. The first-order valence-electron chi connectivity index (χ1n) is 10.4. The summed E-state index contributed by atoms with van der Waals surface area (Å²) in [7, 11) is 0. The smallest absolute Gasteiger partial charge is 0.338 e. The van der Waals surface area contributed by atoms with E-state index in [1.54, 1.807) is 24.3 Å². The third-order valence-electron chi connectivity index (χ3n) is 5.44. The van der Waals surface area contributed by atoms with E-state index in [1.807, 2.05) is 12.3 Å². The van der Waals surface area contributed by atoms with Gasteiger partial charge in [0.15, 0.2) is 5.56 Å². The minimum atomic E-state index is -1.31. The van der Waals surface area contributed by atoms with Crippen molar-refractivity contribution < 1.29 is 19.8 Å². The Labute approximate surface area is 191 Å². The zero-order valence-corrected chi connectivity index (χ0v) is 18.6. The van der Waals surface area contributed by atoms with Gasteiger partial charge in [-0.15, -0.1) is 11.3 Å². The molecule has 2 aromatic heterocycles. The van der Waals surface area contributed by atoms with Crippen LogP contribution in [0, 0.1) is 12.8 Å². The highest BCUT2D eigenvalue weighted by atomic mass is 32.1. The number of hydrogen-bond acceptors (Lipinski definition) is 7. The second-order valence-electron chi connectivity index (χ2n) is 7.88. The normalized spacial score (nSPS) is 13.1. The van der Waals surface area contributed by atoms with E-state index < -0.39 is 41.1 Å². The van der Waals surface area contributed by atoms with Gasteiger partial charge in [-0.2, -0.15) is 0 Å². The van der Waals surface area contributed by atoms with Crippen LogP contribution in [0.1, 0.15) is 34.6 Å². The maximum absolute atomic E-state index is 13.2. The highest BCUT2D eigenvalue weighted by Gasteiger charge is 2.27. The Bertz CT molecular complexity index is 1330. The molecule has 1 amide bonds. The number of rotatable bonds is 8. The molecule has 11 heteroatoms.